The molecule has 6 nitrogen and oxygen atoms in total. The number of carbonyl (C=O) groups is 1. The number of hydrogen-bond acceptors (Lipinski definition) is 4. The summed E-state index contributed by atoms with van der Waals surface area (Å²) >= 11 is 0. The van der Waals surface area contributed by atoms with Gasteiger partial charge in [0.15, 0.2) is 0 Å². The van der Waals surface area contributed by atoms with Crippen LogP contribution in [0.15, 0.2) is 61.2 Å². The molecule has 4 rings (SSSR count). The number of benzene rings is 2. The second-order valence-electron chi connectivity index (χ2n) is 6.39. The second-order valence-corrected chi connectivity index (χ2v) is 6.39. The van der Waals surface area contributed by atoms with Crippen molar-refractivity contribution in [2.24, 2.45) is 0 Å². The molecule has 3 aromatic rings. The van der Waals surface area contributed by atoms with E-state index in [2.05, 4.69) is 15.4 Å². The number of nitrogens with zero attached hydrogens (tertiary/aromatic N) is 3. The van der Waals surface area contributed by atoms with Crippen LogP contribution < -0.4 is 10.1 Å². The standard InChI is InChI=1S/C20H20N4O2/c25-20(15-5-11-19(12-6-15)26-18-3-1-2-4-18)23-16-7-9-17(10-8-16)24-14-21-13-22-24/h5-14,18H,1-4H2,(H,23,25). The third-order valence-electron chi connectivity index (χ3n) is 4.53. The van der Waals surface area contributed by atoms with E-state index in [9.17, 15) is 4.79 Å². The normalized spacial score (nSPS) is 14.3. The minimum atomic E-state index is -0.147. The molecular formula is C20H20N4O2. The van der Waals surface area contributed by atoms with Crippen molar-refractivity contribution in [2.45, 2.75) is 31.8 Å². The van der Waals surface area contributed by atoms with Crippen molar-refractivity contribution in [1.29, 1.82) is 0 Å². The van der Waals surface area contributed by atoms with Crippen molar-refractivity contribution in [3.05, 3.63) is 66.7 Å². The van der Waals surface area contributed by atoms with Gasteiger partial charge in [0.2, 0.25) is 0 Å². The van der Waals surface area contributed by atoms with E-state index in [4.69, 9.17) is 4.74 Å². The zero-order valence-corrected chi connectivity index (χ0v) is 14.3. The van der Waals surface area contributed by atoms with Gasteiger partial charge in [0.1, 0.15) is 18.4 Å². The third-order valence-corrected chi connectivity index (χ3v) is 4.53. The Morgan fingerprint density at radius 3 is 2.42 bits per heavy atom. The minimum absolute atomic E-state index is 0.147. The second kappa shape index (κ2) is 7.39. The number of ether oxygens (including phenoxy) is 1. The summed E-state index contributed by atoms with van der Waals surface area (Å²) in [5, 5.41) is 6.97. The van der Waals surface area contributed by atoms with E-state index in [0.29, 0.717) is 11.7 Å². The van der Waals surface area contributed by atoms with Crippen LogP contribution >= 0.6 is 0 Å². The van der Waals surface area contributed by atoms with Crippen LogP contribution in [0.5, 0.6) is 5.75 Å². The average molecular weight is 348 g/mol. The summed E-state index contributed by atoms with van der Waals surface area (Å²) in [5.74, 6) is 0.677. The van der Waals surface area contributed by atoms with Crippen LogP contribution in [0, 0.1) is 0 Å². The molecule has 26 heavy (non-hydrogen) atoms. The number of carbonyl (C=O) groups excluding carboxylic acids is 1. The monoisotopic (exact) mass is 348 g/mol. The van der Waals surface area contributed by atoms with E-state index in [1.54, 1.807) is 23.1 Å². The Morgan fingerprint density at radius 1 is 1.04 bits per heavy atom. The van der Waals surface area contributed by atoms with Crippen molar-refractivity contribution in [1.82, 2.24) is 14.8 Å². The average Bonchev–Trinajstić information content (AvgIpc) is 3.37. The highest BCUT2D eigenvalue weighted by Crippen LogP contribution is 2.24. The first-order chi connectivity index (χ1) is 12.8. The Balaban J connectivity index is 1.38. The Bertz CT molecular complexity index is 852. The highest BCUT2D eigenvalue weighted by Gasteiger charge is 2.16. The fraction of sp³-hybridized carbons (Fsp3) is 0.250. The maximum atomic E-state index is 12.4. The van der Waals surface area contributed by atoms with Gasteiger partial charge < -0.3 is 10.1 Å². The molecule has 1 aliphatic carbocycles. The van der Waals surface area contributed by atoms with Crippen molar-refractivity contribution in [3.8, 4) is 11.4 Å². The summed E-state index contributed by atoms with van der Waals surface area (Å²) in [6.07, 6.45) is 8.14. The molecule has 0 aliphatic heterocycles. The maximum absolute atomic E-state index is 12.4. The summed E-state index contributed by atoms with van der Waals surface area (Å²) < 4.78 is 7.59. The molecular weight excluding hydrogens is 328 g/mol. The lowest BCUT2D eigenvalue weighted by Gasteiger charge is -2.13. The number of rotatable bonds is 5. The first-order valence-electron chi connectivity index (χ1n) is 8.81. The largest absolute Gasteiger partial charge is 0.490 e. The lowest BCUT2D eigenvalue weighted by atomic mass is 10.2. The summed E-state index contributed by atoms with van der Waals surface area (Å²) in [5.41, 5.74) is 2.21. The smallest absolute Gasteiger partial charge is 0.255 e. The molecule has 1 amide bonds. The van der Waals surface area contributed by atoms with E-state index in [0.717, 1.165) is 30.0 Å². The van der Waals surface area contributed by atoms with Gasteiger partial charge in [0.05, 0.1) is 11.8 Å². The van der Waals surface area contributed by atoms with Gasteiger partial charge >= 0.3 is 0 Å². The lowest BCUT2D eigenvalue weighted by molar-refractivity contribution is 0.102. The van der Waals surface area contributed by atoms with E-state index >= 15 is 0 Å². The molecule has 0 spiro atoms. The quantitative estimate of drug-likeness (QED) is 0.760. The predicted octanol–water partition coefficient (Wildman–Crippen LogP) is 3.84. The topological polar surface area (TPSA) is 69.0 Å². The van der Waals surface area contributed by atoms with Crippen LogP contribution in [-0.2, 0) is 0 Å². The molecule has 1 N–H and O–H groups in total. The molecule has 1 aromatic heterocycles. The maximum Gasteiger partial charge on any atom is 0.255 e. The summed E-state index contributed by atoms with van der Waals surface area (Å²) in [6.45, 7) is 0. The zero-order chi connectivity index (χ0) is 17.8. The third kappa shape index (κ3) is 3.74. The first kappa shape index (κ1) is 16.3. The number of amides is 1. The van der Waals surface area contributed by atoms with Gasteiger partial charge in [0.25, 0.3) is 5.91 Å². The molecule has 0 atom stereocenters. The van der Waals surface area contributed by atoms with Crippen LogP contribution in [0.4, 0.5) is 5.69 Å². The number of nitrogens with one attached hydrogen (secondary N) is 1. The molecule has 1 fully saturated rings. The van der Waals surface area contributed by atoms with Gasteiger partial charge in [-0.3, -0.25) is 4.79 Å². The van der Waals surface area contributed by atoms with E-state index in [1.807, 2.05) is 36.4 Å². The van der Waals surface area contributed by atoms with Crippen molar-refractivity contribution in [3.63, 3.8) is 0 Å². The lowest BCUT2D eigenvalue weighted by Crippen LogP contribution is -2.13. The van der Waals surface area contributed by atoms with E-state index in [1.165, 1.54) is 19.2 Å². The summed E-state index contributed by atoms with van der Waals surface area (Å²) in [4.78, 5) is 16.3. The number of anilines is 1. The number of aromatic nitrogens is 3. The van der Waals surface area contributed by atoms with Crippen molar-refractivity contribution >= 4 is 11.6 Å². The fourth-order valence-corrected chi connectivity index (χ4v) is 3.13. The Hall–Kier alpha value is -3.15. The fourth-order valence-electron chi connectivity index (χ4n) is 3.13. The zero-order valence-electron chi connectivity index (χ0n) is 14.3. The van der Waals surface area contributed by atoms with Gasteiger partial charge in [-0.05, 0) is 74.2 Å². The van der Waals surface area contributed by atoms with Gasteiger partial charge in [-0.25, -0.2) is 9.67 Å². The molecule has 1 aliphatic rings. The molecule has 0 bridgehead atoms. The van der Waals surface area contributed by atoms with Crippen molar-refractivity contribution in [2.75, 3.05) is 5.32 Å². The van der Waals surface area contributed by atoms with Crippen LogP contribution in [0.1, 0.15) is 36.0 Å². The van der Waals surface area contributed by atoms with E-state index < -0.39 is 0 Å². The molecule has 2 aromatic carbocycles. The Labute approximate surface area is 151 Å². The van der Waals surface area contributed by atoms with Crippen LogP contribution in [0.3, 0.4) is 0 Å². The van der Waals surface area contributed by atoms with E-state index in [-0.39, 0.29) is 5.91 Å². The van der Waals surface area contributed by atoms with Gasteiger partial charge in [-0.1, -0.05) is 0 Å². The van der Waals surface area contributed by atoms with Gasteiger partial charge in [0, 0.05) is 11.3 Å². The first-order valence-corrected chi connectivity index (χ1v) is 8.81. The molecule has 0 saturated heterocycles. The summed E-state index contributed by atoms with van der Waals surface area (Å²) in [6, 6.07) is 14.7. The predicted molar refractivity (Wildman–Crippen MR) is 98.6 cm³/mol. The number of hydrogen-bond donors (Lipinski definition) is 1. The molecule has 0 unspecified atom stereocenters. The molecule has 1 heterocycles. The van der Waals surface area contributed by atoms with Gasteiger partial charge in [-0.2, -0.15) is 5.10 Å². The Morgan fingerprint density at radius 2 is 1.77 bits per heavy atom. The molecule has 0 radical (unpaired) electrons. The SMILES string of the molecule is O=C(Nc1ccc(-n2cncn2)cc1)c1ccc(OC2CCCC2)cc1. The highest BCUT2D eigenvalue weighted by atomic mass is 16.5. The van der Waals surface area contributed by atoms with Crippen molar-refractivity contribution < 1.29 is 9.53 Å². The van der Waals surface area contributed by atoms with Crippen LogP contribution in [-0.4, -0.2) is 26.8 Å². The Kier molecular flexibility index (Phi) is 4.64. The van der Waals surface area contributed by atoms with Crippen LogP contribution in [0.2, 0.25) is 0 Å². The van der Waals surface area contributed by atoms with Crippen LogP contribution in [0.25, 0.3) is 5.69 Å². The molecule has 132 valence electrons. The van der Waals surface area contributed by atoms with Gasteiger partial charge in [-0.15, -0.1) is 0 Å². The molecule has 6 heteroatoms. The highest BCUT2D eigenvalue weighted by molar-refractivity contribution is 6.04. The minimum Gasteiger partial charge on any atom is -0.490 e. The molecule has 1 saturated carbocycles. The summed E-state index contributed by atoms with van der Waals surface area (Å²) in [7, 11) is 0.